The molecule has 0 spiro atoms. The minimum absolute atomic E-state index is 0.120. The molecule has 0 saturated heterocycles. The molecule has 2 aromatic carbocycles. The second kappa shape index (κ2) is 4.45. The van der Waals surface area contributed by atoms with Crippen LogP contribution in [0.3, 0.4) is 0 Å². The number of fused-ring (bicyclic) bond motifs is 1. The maximum Gasteiger partial charge on any atom is 0.348 e. The molecule has 0 amide bonds. The van der Waals surface area contributed by atoms with E-state index in [-0.39, 0.29) is 11.8 Å². The molecule has 5 heteroatoms. The summed E-state index contributed by atoms with van der Waals surface area (Å²) < 4.78 is 5.08. The smallest absolute Gasteiger partial charge is 0.348 e. The van der Waals surface area contributed by atoms with Gasteiger partial charge in [0.1, 0.15) is 5.75 Å². The molecular formula is C14H10N2O3. The lowest BCUT2D eigenvalue weighted by Crippen LogP contribution is -2.04. The van der Waals surface area contributed by atoms with Crippen LogP contribution < -0.4 is 10.9 Å². The Morgan fingerprint density at radius 2 is 1.79 bits per heavy atom. The molecule has 3 aromatic rings. The van der Waals surface area contributed by atoms with Gasteiger partial charge >= 0.3 is 11.6 Å². The second-order valence-corrected chi connectivity index (χ2v) is 4.00. The fourth-order valence-corrected chi connectivity index (χ4v) is 1.74. The van der Waals surface area contributed by atoms with E-state index < -0.39 is 5.63 Å². The molecule has 2 N–H and O–H groups in total. The highest BCUT2D eigenvalue weighted by atomic mass is 16.4. The van der Waals surface area contributed by atoms with Gasteiger partial charge in [0.25, 0.3) is 0 Å². The Balaban J connectivity index is 2.01. The minimum atomic E-state index is -0.438. The molecule has 1 aromatic heterocycles. The van der Waals surface area contributed by atoms with Crippen molar-refractivity contribution in [2.45, 2.75) is 0 Å². The third-order valence-electron chi connectivity index (χ3n) is 2.65. The summed E-state index contributed by atoms with van der Waals surface area (Å²) in [6.07, 6.45) is 0. The Morgan fingerprint density at radius 3 is 2.58 bits per heavy atom. The average molecular weight is 254 g/mol. The monoisotopic (exact) mass is 254 g/mol. The molecule has 0 bridgehead atoms. The van der Waals surface area contributed by atoms with Gasteiger partial charge in [-0.3, -0.25) is 0 Å². The maximum atomic E-state index is 11.8. The van der Waals surface area contributed by atoms with Crippen molar-refractivity contribution in [3.8, 4) is 5.75 Å². The highest BCUT2D eigenvalue weighted by molar-refractivity contribution is 5.77. The zero-order chi connectivity index (χ0) is 13.2. The number of nitrogens with one attached hydrogen (secondary N) is 1. The molecule has 0 atom stereocenters. The molecule has 1 heterocycles. The first-order valence-corrected chi connectivity index (χ1v) is 5.68. The highest BCUT2D eigenvalue weighted by Crippen LogP contribution is 2.18. The number of phenolic OH excluding ortho intramolecular Hbond substituents is 1. The molecule has 0 saturated carbocycles. The number of hydrogen-bond acceptors (Lipinski definition) is 5. The lowest BCUT2D eigenvalue weighted by molar-refractivity contribution is 0.475. The number of phenols is 1. The summed E-state index contributed by atoms with van der Waals surface area (Å²) in [6.45, 7) is 0. The van der Waals surface area contributed by atoms with Crippen molar-refractivity contribution in [2.24, 2.45) is 0 Å². The third-order valence-corrected chi connectivity index (χ3v) is 2.65. The van der Waals surface area contributed by atoms with Crippen LogP contribution in [0.4, 0.5) is 11.7 Å². The van der Waals surface area contributed by atoms with Crippen molar-refractivity contribution in [1.29, 1.82) is 0 Å². The van der Waals surface area contributed by atoms with Crippen molar-refractivity contribution in [3.05, 3.63) is 59.0 Å². The van der Waals surface area contributed by atoms with Gasteiger partial charge in [-0.05, 0) is 36.4 Å². The highest BCUT2D eigenvalue weighted by Gasteiger charge is 2.05. The first-order valence-electron chi connectivity index (χ1n) is 5.68. The number of nitrogens with zero attached hydrogens (tertiary/aromatic N) is 1. The molecule has 0 aliphatic carbocycles. The van der Waals surface area contributed by atoms with Crippen LogP contribution in [0.1, 0.15) is 0 Å². The van der Waals surface area contributed by atoms with E-state index in [1.165, 1.54) is 12.1 Å². The average Bonchev–Trinajstić information content (AvgIpc) is 2.42. The van der Waals surface area contributed by atoms with Crippen molar-refractivity contribution in [1.82, 2.24) is 4.98 Å². The maximum absolute atomic E-state index is 11.8. The van der Waals surface area contributed by atoms with Gasteiger partial charge in [-0.2, -0.15) is 4.98 Å². The van der Waals surface area contributed by atoms with Crippen LogP contribution in [0, 0.1) is 0 Å². The fourth-order valence-electron chi connectivity index (χ4n) is 1.74. The van der Waals surface area contributed by atoms with Gasteiger partial charge in [0.2, 0.25) is 0 Å². The summed E-state index contributed by atoms with van der Waals surface area (Å²) >= 11 is 0. The first kappa shape index (κ1) is 11.3. The molecular weight excluding hydrogens is 244 g/mol. The van der Waals surface area contributed by atoms with E-state index in [0.717, 1.165) is 0 Å². The molecule has 0 radical (unpaired) electrons. The van der Waals surface area contributed by atoms with Crippen LogP contribution in [0.15, 0.2) is 57.7 Å². The lowest BCUT2D eigenvalue weighted by atomic mass is 10.2. The zero-order valence-electron chi connectivity index (χ0n) is 9.83. The Labute approximate surface area is 108 Å². The second-order valence-electron chi connectivity index (χ2n) is 4.00. The van der Waals surface area contributed by atoms with E-state index in [1.54, 1.807) is 36.4 Å². The molecule has 19 heavy (non-hydrogen) atoms. The number of rotatable bonds is 2. The first-order chi connectivity index (χ1) is 9.22. The van der Waals surface area contributed by atoms with Gasteiger partial charge in [0.15, 0.2) is 0 Å². The van der Waals surface area contributed by atoms with E-state index in [1.807, 2.05) is 0 Å². The van der Waals surface area contributed by atoms with E-state index in [2.05, 4.69) is 10.3 Å². The lowest BCUT2D eigenvalue weighted by Gasteiger charge is -2.04. The third kappa shape index (κ3) is 2.26. The number of anilines is 2. The van der Waals surface area contributed by atoms with Gasteiger partial charge in [-0.15, -0.1) is 0 Å². The number of para-hydroxylation sites is 1. The largest absolute Gasteiger partial charge is 0.508 e. The summed E-state index contributed by atoms with van der Waals surface area (Å²) in [6, 6.07) is 13.5. The predicted molar refractivity (Wildman–Crippen MR) is 71.7 cm³/mol. The molecule has 0 aliphatic heterocycles. The van der Waals surface area contributed by atoms with Crippen LogP contribution in [0.5, 0.6) is 5.75 Å². The SMILES string of the molecule is O=c1oc(Nc2ccc(O)cc2)nc2ccccc12. The van der Waals surface area contributed by atoms with Crippen molar-refractivity contribution >= 4 is 22.6 Å². The van der Waals surface area contributed by atoms with Gasteiger partial charge in [0.05, 0.1) is 10.9 Å². The van der Waals surface area contributed by atoms with Gasteiger partial charge < -0.3 is 14.8 Å². The van der Waals surface area contributed by atoms with E-state index in [4.69, 9.17) is 4.42 Å². The van der Waals surface area contributed by atoms with E-state index >= 15 is 0 Å². The fraction of sp³-hybridized carbons (Fsp3) is 0. The van der Waals surface area contributed by atoms with Crippen LogP contribution >= 0.6 is 0 Å². The molecule has 0 unspecified atom stereocenters. The number of benzene rings is 2. The Hall–Kier alpha value is -2.82. The number of hydrogen-bond donors (Lipinski definition) is 2. The Bertz CT molecular complexity index is 779. The number of aromatic hydroxyl groups is 1. The summed E-state index contributed by atoms with van der Waals surface area (Å²) in [5.74, 6) is 0.165. The summed E-state index contributed by atoms with van der Waals surface area (Å²) in [5, 5.41) is 12.5. The van der Waals surface area contributed by atoms with Gasteiger partial charge in [-0.25, -0.2) is 4.79 Å². The van der Waals surface area contributed by atoms with E-state index in [9.17, 15) is 9.90 Å². The summed E-state index contributed by atoms with van der Waals surface area (Å²) in [4.78, 5) is 16.0. The van der Waals surface area contributed by atoms with Gasteiger partial charge in [0, 0.05) is 5.69 Å². The zero-order valence-corrected chi connectivity index (χ0v) is 9.83. The molecule has 94 valence electrons. The molecule has 5 nitrogen and oxygen atoms in total. The molecule has 0 fully saturated rings. The van der Waals surface area contributed by atoms with Crippen LogP contribution in [0.2, 0.25) is 0 Å². The van der Waals surface area contributed by atoms with Crippen molar-refractivity contribution in [2.75, 3.05) is 5.32 Å². The van der Waals surface area contributed by atoms with Gasteiger partial charge in [-0.1, -0.05) is 12.1 Å². The molecule has 3 rings (SSSR count). The van der Waals surface area contributed by atoms with E-state index in [0.29, 0.717) is 16.6 Å². The Morgan fingerprint density at radius 1 is 1.05 bits per heavy atom. The summed E-state index contributed by atoms with van der Waals surface area (Å²) in [7, 11) is 0. The minimum Gasteiger partial charge on any atom is -0.508 e. The predicted octanol–water partition coefficient (Wildman–Crippen LogP) is 2.64. The van der Waals surface area contributed by atoms with Crippen molar-refractivity contribution < 1.29 is 9.52 Å². The van der Waals surface area contributed by atoms with Crippen LogP contribution in [-0.4, -0.2) is 10.1 Å². The molecule has 0 aliphatic rings. The quantitative estimate of drug-likeness (QED) is 0.687. The Kier molecular flexibility index (Phi) is 2.64. The van der Waals surface area contributed by atoms with Crippen molar-refractivity contribution in [3.63, 3.8) is 0 Å². The van der Waals surface area contributed by atoms with Crippen LogP contribution in [-0.2, 0) is 0 Å². The van der Waals surface area contributed by atoms with Crippen LogP contribution in [0.25, 0.3) is 10.9 Å². The summed E-state index contributed by atoms with van der Waals surface area (Å²) in [5.41, 5.74) is 0.802. The topological polar surface area (TPSA) is 75.4 Å². The number of aromatic nitrogens is 1. The normalized spacial score (nSPS) is 10.5. The standard InChI is InChI=1S/C14H10N2O3/c17-10-7-5-9(6-8-10)15-14-16-12-4-2-1-3-11(12)13(18)19-14/h1-8,17H,(H,15,16).